The maximum atomic E-state index is 13.1. The fourth-order valence-corrected chi connectivity index (χ4v) is 3.61. The molecule has 3 aromatic heterocycles. The molecule has 0 spiro atoms. The number of benzene rings is 2. The predicted octanol–water partition coefficient (Wildman–Crippen LogP) is 5.27. The quantitative estimate of drug-likeness (QED) is 0.360. The number of anilines is 3. The van der Waals surface area contributed by atoms with E-state index in [0.29, 0.717) is 17.1 Å². The van der Waals surface area contributed by atoms with Crippen molar-refractivity contribution in [2.75, 3.05) is 10.6 Å². The standard InChI is InChI=1S/C25H22N6O/c1-16-5-3-4-6-21(16)29-24-23(12-19(13-27-24)20-14-28-31(2)15-20)30-25(32)18-8-7-17-9-10-26-22(17)11-18/h3-15,26H,1-2H3,(H,27,29)(H,30,32). The van der Waals surface area contributed by atoms with Crippen molar-refractivity contribution < 1.29 is 4.79 Å². The van der Waals surface area contributed by atoms with Crippen molar-refractivity contribution in [3.63, 3.8) is 0 Å². The van der Waals surface area contributed by atoms with Crippen LogP contribution in [-0.4, -0.2) is 25.7 Å². The molecule has 5 rings (SSSR count). The molecule has 158 valence electrons. The van der Waals surface area contributed by atoms with E-state index in [9.17, 15) is 4.79 Å². The lowest BCUT2D eigenvalue weighted by molar-refractivity contribution is 0.102. The Hall–Kier alpha value is -4.39. The minimum Gasteiger partial charge on any atom is -0.361 e. The van der Waals surface area contributed by atoms with Crippen molar-refractivity contribution in [2.24, 2.45) is 7.05 Å². The number of carbonyl (C=O) groups excluding carboxylic acids is 1. The van der Waals surface area contributed by atoms with Crippen LogP contribution in [0.3, 0.4) is 0 Å². The van der Waals surface area contributed by atoms with Gasteiger partial charge in [-0.15, -0.1) is 0 Å². The summed E-state index contributed by atoms with van der Waals surface area (Å²) in [4.78, 5) is 20.9. The van der Waals surface area contributed by atoms with Crippen LogP contribution in [0.5, 0.6) is 0 Å². The van der Waals surface area contributed by atoms with E-state index in [0.717, 1.165) is 33.3 Å². The molecule has 0 saturated heterocycles. The molecule has 7 nitrogen and oxygen atoms in total. The summed E-state index contributed by atoms with van der Waals surface area (Å²) in [6, 6.07) is 17.4. The van der Waals surface area contributed by atoms with Gasteiger partial charge in [0.05, 0.1) is 11.9 Å². The predicted molar refractivity (Wildman–Crippen MR) is 127 cm³/mol. The van der Waals surface area contributed by atoms with Crippen LogP contribution in [0.4, 0.5) is 17.2 Å². The lowest BCUT2D eigenvalue weighted by atomic mass is 10.1. The molecule has 0 aliphatic heterocycles. The number of hydrogen-bond donors (Lipinski definition) is 3. The van der Waals surface area contributed by atoms with Gasteiger partial charge in [-0.25, -0.2) is 4.98 Å². The Morgan fingerprint density at radius 2 is 1.88 bits per heavy atom. The highest BCUT2D eigenvalue weighted by Gasteiger charge is 2.14. The molecule has 5 aromatic rings. The maximum Gasteiger partial charge on any atom is 0.255 e. The second-order valence-electron chi connectivity index (χ2n) is 7.70. The van der Waals surface area contributed by atoms with Gasteiger partial charge < -0.3 is 15.6 Å². The SMILES string of the molecule is Cc1ccccc1Nc1ncc(-c2cnn(C)c2)cc1NC(=O)c1ccc2cc[nH]c2c1. The molecule has 0 fully saturated rings. The maximum absolute atomic E-state index is 13.1. The van der Waals surface area contributed by atoms with E-state index < -0.39 is 0 Å². The van der Waals surface area contributed by atoms with Crippen LogP contribution in [0.25, 0.3) is 22.0 Å². The molecule has 3 N–H and O–H groups in total. The molecule has 0 aliphatic carbocycles. The van der Waals surface area contributed by atoms with Gasteiger partial charge in [-0.1, -0.05) is 24.3 Å². The van der Waals surface area contributed by atoms with Crippen molar-refractivity contribution in [1.29, 1.82) is 0 Å². The van der Waals surface area contributed by atoms with Gasteiger partial charge in [-0.2, -0.15) is 5.10 Å². The van der Waals surface area contributed by atoms with E-state index in [2.05, 4.69) is 25.7 Å². The van der Waals surface area contributed by atoms with Crippen molar-refractivity contribution in [3.8, 4) is 11.1 Å². The lowest BCUT2D eigenvalue weighted by Gasteiger charge is -2.15. The Bertz CT molecular complexity index is 1430. The van der Waals surface area contributed by atoms with Gasteiger partial charge >= 0.3 is 0 Å². The Morgan fingerprint density at radius 1 is 1.00 bits per heavy atom. The molecular formula is C25H22N6O. The molecule has 7 heteroatoms. The monoisotopic (exact) mass is 422 g/mol. The van der Waals surface area contributed by atoms with Crippen LogP contribution in [0.2, 0.25) is 0 Å². The molecule has 3 heterocycles. The van der Waals surface area contributed by atoms with Gasteiger partial charge in [-0.05, 0) is 48.2 Å². The summed E-state index contributed by atoms with van der Waals surface area (Å²) >= 11 is 0. The number of para-hydroxylation sites is 1. The first kappa shape index (κ1) is 19.6. The highest BCUT2D eigenvalue weighted by atomic mass is 16.1. The van der Waals surface area contributed by atoms with Crippen molar-refractivity contribution >= 4 is 34.0 Å². The third-order valence-corrected chi connectivity index (χ3v) is 5.39. The van der Waals surface area contributed by atoms with Gasteiger partial charge in [0.25, 0.3) is 5.91 Å². The second-order valence-corrected chi connectivity index (χ2v) is 7.70. The number of carbonyl (C=O) groups is 1. The Morgan fingerprint density at radius 3 is 2.69 bits per heavy atom. The number of rotatable bonds is 5. The summed E-state index contributed by atoms with van der Waals surface area (Å²) < 4.78 is 1.73. The number of nitrogens with zero attached hydrogens (tertiary/aromatic N) is 3. The number of H-pyrrole nitrogens is 1. The molecule has 0 bridgehead atoms. The molecule has 0 radical (unpaired) electrons. The number of aromatic amines is 1. The summed E-state index contributed by atoms with van der Waals surface area (Å²) in [5.74, 6) is 0.362. The second kappa shape index (κ2) is 8.03. The van der Waals surface area contributed by atoms with Crippen molar-refractivity contribution in [3.05, 3.63) is 90.5 Å². The van der Waals surface area contributed by atoms with Crippen LogP contribution < -0.4 is 10.6 Å². The van der Waals surface area contributed by atoms with Crippen molar-refractivity contribution in [1.82, 2.24) is 19.7 Å². The molecule has 0 atom stereocenters. The summed E-state index contributed by atoms with van der Waals surface area (Å²) in [7, 11) is 1.87. The number of fused-ring (bicyclic) bond motifs is 1. The van der Waals surface area contributed by atoms with E-state index in [-0.39, 0.29) is 5.91 Å². The Labute approximate surface area is 185 Å². The molecule has 0 unspecified atom stereocenters. The minimum atomic E-state index is -0.209. The zero-order chi connectivity index (χ0) is 22.1. The van der Waals surface area contributed by atoms with Gasteiger partial charge in [0, 0.05) is 53.5 Å². The molecule has 32 heavy (non-hydrogen) atoms. The van der Waals surface area contributed by atoms with E-state index in [1.54, 1.807) is 17.1 Å². The summed E-state index contributed by atoms with van der Waals surface area (Å²) in [6.07, 6.45) is 7.32. The first-order valence-corrected chi connectivity index (χ1v) is 10.3. The summed E-state index contributed by atoms with van der Waals surface area (Å²) in [6.45, 7) is 2.02. The van der Waals surface area contributed by atoms with Crippen LogP contribution in [0.15, 0.2) is 79.4 Å². The highest BCUT2D eigenvalue weighted by Crippen LogP contribution is 2.30. The number of hydrogen-bond acceptors (Lipinski definition) is 4. The van der Waals surface area contributed by atoms with E-state index in [4.69, 9.17) is 0 Å². The first-order chi connectivity index (χ1) is 15.6. The van der Waals surface area contributed by atoms with Crippen LogP contribution in [-0.2, 0) is 7.05 Å². The van der Waals surface area contributed by atoms with Crippen LogP contribution >= 0.6 is 0 Å². The Balaban J connectivity index is 1.52. The number of aryl methyl sites for hydroxylation is 2. The van der Waals surface area contributed by atoms with E-state index >= 15 is 0 Å². The summed E-state index contributed by atoms with van der Waals surface area (Å²) in [5.41, 5.74) is 5.87. The van der Waals surface area contributed by atoms with Gasteiger partial charge in [0.1, 0.15) is 0 Å². The average molecular weight is 422 g/mol. The number of amides is 1. The highest BCUT2D eigenvalue weighted by molar-refractivity contribution is 6.07. The number of pyridine rings is 1. The third-order valence-electron chi connectivity index (χ3n) is 5.39. The number of aromatic nitrogens is 4. The third kappa shape index (κ3) is 3.83. The molecular weight excluding hydrogens is 400 g/mol. The summed E-state index contributed by atoms with van der Waals surface area (Å²) in [5, 5.41) is 11.7. The smallest absolute Gasteiger partial charge is 0.255 e. The van der Waals surface area contributed by atoms with Crippen LogP contribution in [0, 0.1) is 6.92 Å². The topological polar surface area (TPSA) is 87.6 Å². The first-order valence-electron chi connectivity index (χ1n) is 10.3. The van der Waals surface area contributed by atoms with E-state index in [1.165, 1.54) is 0 Å². The van der Waals surface area contributed by atoms with Crippen molar-refractivity contribution in [2.45, 2.75) is 6.92 Å². The normalized spacial score (nSPS) is 10.9. The lowest BCUT2D eigenvalue weighted by Crippen LogP contribution is -2.14. The largest absolute Gasteiger partial charge is 0.361 e. The zero-order valence-electron chi connectivity index (χ0n) is 17.8. The molecule has 1 amide bonds. The molecule has 0 saturated carbocycles. The van der Waals surface area contributed by atoms with Gasteiger partial charge in [0.15, 0.2) is 5.82 Å². The average Bonchev–Trinajstić information content (AvgIpc) is 3.44. The fraction of sp³-hybridized carbons (Fsp3) is 0.0800. The van der Waals surface area contributed by atoms with Gasteiger partial charge in [-0.3, -0.25) is 9.48 Å². The van der Waals surface area contributed by atoms with Crippen LogP contribution in [0.1, 0.15) is 15.9 Å². The molecule has 2 aromatic carbocycles. The van der Waals surface area contributed by atoms with E-state index in [1.807, 2.05) is 81.0 Å². The minimum absolute atomic E-state index is 0.209. The van der Waals surface area contributed by atoms with Gasteiger partial charge in [0.2, 0.25) is 0 Å². The number of nitrogens with one attached hydrogen (secondary N) is 3. The zero-order valence-corrected chi connectivity index (χ0v) is 17.8. The Kier molecular flexibility index (Phi) is 4.91. The fourth-order valence-electron chi connectivity index (χ4n) is 3.61. The molecule has 0 aliphatic rings.